The van der Waals surface area contributed by atoms with Gasteiger partial charge in [-0.2, -0.15) is 0 Å². The maximum atomic E-state index is 12.0. The van der Waals surface area contributed by atoms with Gasteiger partial charge in [0.25, 0.3) is 5.91 Å². The Morgan fingerprint density at radius 2 is 1.96 bits per heavy atom. The van der Waals surface area contributed by atoms with E-state index in [1.165, 1.54) is 6.07 Å². The molecule has 3 rings (SSSR count). The van der Waals surface area contributed by atoms with Gasteiger partial charge in [0.2, 0.25) is 5.91 Å². The molecule has 0 spiro atoms. The van der Waals surface area contributed by atoms with Gasteiger partial charge in [-0.05, 0) is 36.8 Å². The van der Waals surface area contributed by atoms with Crippen LogP contribution in [0.1, 0.15) is 23.4 Å². The molecule has 1 saturated heterocycles. The average Bonchev–Trinajstić information content (AvgIpc) is 3.17. The molecule has 0 unspecified atom stereocenters. The van der Waals surface area contributed by atoms with Crippen molar-refractivity contribution in [3.8, 4) is 0 Å². The minimum atomic E-state index is -0.710. The normalized spacial score (nSPS) is 14.1. The molecule has 2 heterocycles. The first-order valence-corrected chi connectivity index (χ1v) is 7.00. The van der Waals surface area contributed by atoms with E-state index in [9.17, 15) is 19.7 Å². The molecule has 23 heavy (non-hydrogen) atoms. The van der Waals surface area contributed by atoms with Crippen LogP contribution in [0.3, 0.4) is 0 Å². The van der Waals surface area contributed by atoms with E-state index in [4.69, 9.17) is 4.42 Å². The van der Waals surface area contributed by atoms with Crippen LogP contribution in [0.25, 0.3) is 0 Å². The highest BCUT2D eigenvalue weighted by Crippen LogP contribution is 2.23. The zero-order valence-electron chi connectivity index (χ0n) is 12.0. The largest absolute Gasteiger partial charge is 0.433 e. The highest BCUT2D eigenvalue weighted by atomic mass is 16.6. The highest BCUT2D eigenvalue weighted by molar-refractivity contribution is 6.02. The van der Waals surface area contributed by atoms with Gasteiger partial charge >= 0.3 is 5.88 Å². The summed E-state index contributed by atoms with van der Waals surface area (Å²) in [5.74, 6) is -1.12. The second-order valence-corrected chi connectivity index (χ2v) is 5.04. The Morgan fingerprint density at radius 1 is 1.22 bits per heavy atom. The molecule has 8 nitrogen and oxygen atoms in total. The number of hydrogen-bond donors (Lipinski definition) is 1. The maximum absolute atomic E-state index is 12.0. The summed E-state index contributed by atoms with van der Waals surface area (Å²) < 4.78 is 4.83. The second-order valence-electron chi connectivity index (χ2n) is 5.04. The summed E-state index contributed by atoms with van der Waals surface area (Å²) in [6, 6.07) is 9.17. The van der Waals surface area contributed by atoms with Crippen molar-refractivity contribution in [3.63, 3.8) is 0 Å². The molecule has 1 N–H and O–H groups in total. The Morgan fingerprint density at radius 3 is 2.52 bits per heavy atom. The fraction of sp³-hybridized carbons (Fsp3) is 0.200. The van der Waals surface area contributed by atoms with Gasteiger partial charge in [-0.1, -0.05) is 0 Å². The summed E-state index contributed by atoms with van der Waals surface area (Å²) in [5, 5.41) is 13.1. The molecule has 0 atom stereocenters. The molecular weight excluding hydrogens is 302 g/mol. The van der Waals surface area contributed by atoms with E-state index in [0.29, 0.717) is 18.7 Å². The van der Waals surface area contributed by atoms with Crippen molar-refractivity contribution in [3.05, 3.63) is 52.3 Å². The lowest BCUT2D eigenvalue weighted by Crippen LogP contribution is -2.23. The van der Waals surface area contributed by atoms with Crippen LogP contribution in [0.4, 0.5) is 17.3 Å². The third kappa shape index (κ3) is 3.05. The molecule has 1 aliphatic rings. The minimum absolute atomic E-state index is 0.0877. The smallest absolute Gasteiger partial charge is 0.395 e. The molecule has 1 aromatic carbocycles. The van der Waals surface area contributed by atoms with Gasteiger partial charge in [-0.25, -0.2) is 0 Å². The first-order chi connectivity index (χ1) is 11.0. The number of amides is 2. The van der Waals surface area contributed by atoms with Gasteiger partial charge in [0.05, 0.1) is 6.07 Å². The van der Waals surface area contributed by atoms with E-state index in [1.54, 1.807) is 29.2 Å². The SMILES string of the molecule is O=C(Nc1ccc(N2CCCC2=O)cc1)c1ccc([N+](=O)[O-])o1. The van der Waals surface area contributed by atoms with Crippen molar-refractivity contribution in [1.29, 1.82) is 0 Å². The molecule has 1 fully saturated rings. The van der Waals surface area contributed by atoms with Crippen molar-refractivity contribution in [2.24, 2.45) is 0 Å². The van der Waals surface area contributed by atoms with Gasteiger partial charge in [-0.15, -0.1) is 0 Å². The average molecular weight is 315 g/mol. The molecule has 0 aliphatic carbocycles. The third-order valence-corrected chi connectivity index (χ3v) is 3.51. The summed E-state index contributed by atoms with van der Waals surface area (Å²) in [5.41, 5.74) is 1.28. The lowest BCUT2D eigenvalue weighted by molar-refractivity contribution is -0.402. The molecule has 2 aromatic rings. The Balaban J connectivity index is 1.68. The Kier molecular flexibility index (Phi) is 3.80. The fourth-order valence-corrected chi connectivity index (χ4v) is 2.39. The number of nitrogens with zero attached hydrogens (tertiary/aromatic N) is 2. The van der Waals surface area contributed by atoms with Gasteiger partial charge in [0, 0.05) is 24.3 Å². The summed E-state index contributed by atoms with van der Waals surface area (Å²) in [6.07, 6.45) is 1.39. The summed E-state index contributed by atoms with van der Waals surface area (Å²) in [4.78, 5) is 35.1. The molecule has 1 aromatic heterocycles. The number of rotatable bonds is 4. The van der Waals surface area contributed by atoms with Crippen molar-refractivity contribution in [1.82, 2.24) is 0 Å². The van der Waals surface area contributed by atoms with Crippen molar-refractivity contribution < 1.29 is 18.9 Å². The standard InChI is InChI=1S/C15H13N3O5/c19-13-2-1-9-17(13)11-5-3-10(4-6-11)16-15(20)12-7-8-14(23-12)18(21)22/h3-8H,1-2,9H2,(H,16,20). The molecule has 0 bridgehead atoms. The molecule has 1 aliphatic heterocycles. The van der Waals surface area contributed by atoms with Crippen LogP contribution in [0.5, 0.6) is 0 Å². The van der Waals surface area contributed by atoms with Gasteiger partial charge in [0.1, 0.15) is 4.92 Å². The first kappa shape index (κ1) is 14.8. The lowest BCUT2D eigenvalue weighted by atomic mass is 10.2. The molecular formula is C15H13N3O5. The second kappa shape index (κ2) is 5.91. The van der Waals surface area contributed by atoms with E-state index in [1.807, 2.05) is 0 Å². The van der Waals surface area contributed by atoms with E-state index in [-0.39, 0.29) is 11.7 Å². The van der Waals surface area contributed by atoms with E-state index < -0.39 is 16.7 Å². The zero-order chi connectivity index (χ0) is 16.4. The topological polar surface area (TPSA) is 106 Å². The van der Waals surface area contributed by atoms with Crippen LogP contribution in [-0.2, 0) is 4.79 Å². The lowest BCUT2D eigenvalue weighted by Gasteiger charge is -2.15. The number of carbonyl (C=O) groups excluding carboxylic acids is 2. The summed E-state index contributed by atoms with van der Waals surface area (Å²) in [6.45, 7) is 0.695. The van der Waals surface area contributed by atoms with E-state index in [2.05, 4.69) is 5.32 Å². The number of anilines is 2. The van der Waals surface area contributed by atoms with Crippen LogP contribution in [-0.4, -0.2) is 23.3 Å². The molecule has 8 heteroatoms. The van der Waals surface area contributed by atoms with Crippen molar-refractivity contribution >= 4 is 29.1 Å². The van der Waals surface area contributed by atoms with Gasteiger partial charge in [-0.3, -0.25) is 19.7 Å². The third-order valence-electron chi connectivity index (χ3n) is 3.51. The molecule has 0 saturated carbocycles. The summed E-state index contributed by atoms with van der Waals surface area (Å²) >= 11 is 0. The van der Waals surface area contributed by atoms with Crippen LogP contribution in [0.15, 0.2) is 40.8 Å². The predicted molar refractivity (Wildman–Crippen MR) is 81.3 cm³/mol. The van der Waals surface area contributed by atoms with E-state index >= 15 is 0 Å². The van der Waals surface area contributed by atoms with Gasteiger partial charge < -0.3 is 14.6 Å². The van der Waals surface area contributed by atoms with Crippen LogP contribution in [0.2, 0.25) is 0 Å². The number of hydrogen-bond acceptors (Lipinski definition) is 5. The highest BCUT2D eigenvalue weighted by Gasteiger charge is 2.21. The van der Waals surface area contributed by atoms with E-state index in [0.717, 1.165) is 18.2 Å². The number of furan rings is 1. The van der Waals surface area contributed by atoms with Crippen molar-refractivity contribution in [2.45, 2.75) is 12.8 Å². The number of nitrogens with one attached hydrogen (secondary N) is 1. The Bertz CT molecular complexity index is 766. The van der Waals surface area contributed by atoms with Gasteiger partial charge in [0.15, 0.2) is 5.76 Å². The fourth-order valence-electron chi connectivity index (χ4n) is 2.39. The number of benzene rings is 1. The monoisotopic (exact) mass is 315 g/mol. The van der Waals surface area contributed by atoms with Crippen molar-refractivity contribution in [2.75, 3.05) is 16.8 Å². The number of nitro groups is 1. The Labute approximate surface area is 130 Å². The minimum Gasteiger partial charge on any atom is -0.395 e. The molecule has 2 amide bonds. The summed E-state index contributed by atoms with van der Waals surface area (Å²) in [7, 11) is 0. The maximum Gasteiger partial charge on any atom is 0.433 e. The van der Waals surface area contributed by atoms with Crippen LogP contribution >= 0.6 is 0 Å². The zero-order valence-corrected chi connectivity index (χ0v) is 12.0. The first-order valence-electron chi connectivity index (χ1n) is 7.00. The predicted octanol–water partition coefficient (Wildman–Crippen LogP) is 2.57. The molecule has 118 valence electrons. The van der Waals surface area contributed by atoms with Crippen LogP contribution < -0.4 is 10.2 Å². The quantitative estimate of drug-likeness (QED) is 0.689. The number of carbonyl (C=O) groups is 2. The molecule has 0 radical (unpaired) electrons. The van der Waals surface area contributed by atoms with Crippen LogP contribution in [0, 0.1) is 10.1 Å². The Hall–Kier alpha value is -3.16.